The van der Waals surface area contributed by atoms with Gasteiger partial charge in [0.1, 0.15) is 0 Å². The highest BCUT2D eigenvalue weighted by Crippen LogP contribution is 2.03. The maximum Gasteiger partial charge on any atom is 0.192 e. The van der Waals surface area contributed by atoms with Gasteiger partial charge in [-0.15, -0.1) is 0 Å². The highest BCUT2D eigenvalue weighted by molar-refractivity contribution is 4.44. The summed E-state index contributed by atoms with van der Waals surface area (Å²) < 4.78 is 0. The Hall–Kier alpha value is -0.120. The summed E-state index contributed by atoms with van der Waals surface area (Å²) in [5.74, 6) is 0.305. The van der Waals surface area contributed by atoms with Crippen molar-refractivity contribution in [2.24, 2.45) is 5.92 Å². The zero-order valence-electron chi connectivity index (χ0n) is 5.13. The Morgan fingerprint density at radius 1 is 1.62 bits per heavy atom. The topological polar surface area (TPSA) is 49.4 Å². The van der Waals surface area contributed by atoms with E-state index in [0.717, 1.165) is 0 Å². The fourth-order valence-electron chi connectivity index (χ4n) is 0.443. The van der Waals surface area contributed by atoms with Crippen molar-refractivity contribution in [3.05, 3.63) is 0 Å². The van der Waals surface area contributed by atoms with Crippen LogP contribution in [0.4, 0.5) is 0 Å². The molecule has 3 nitrogen and oxygen atoms in total. The van der Waals surface area contributed by atoms with Crippen molar-refractivity contribution < 1.29 is 15.3 Å². The van der Waals surface area contributed by atoms with Gasteiger partial charge in [0.2, 0.25) is 0 Å². The summed E-state index contributed by atoms with van der Waals surface area (Å²) >= 11 is 0. The van der Waals surface area contributed by atoms with Crippen molar-refractivity contribution in [1.29, 1.82) is 0 Å². The Morgan fingerprint density at radius 3 is 2.25 bits per heavy atom. The van der Waals surface area contributed by atoms with E-state index in [0.29, 0.717) is 12.3 Å². The number of aliphatic hydroxyl groups excluding tert-OH is 1. The maximum atomic E-state index is 9.42. The lowest BCUT2D eigenvalue weighted by Gasteiger charge is -2.05. The summed E-state index contributed by atoms with van der Waals surface area (Å²) in [6.45, 7) is 3.81. The van der Waals surface area contributed by atoms with Crippen molar-refractivity contribution >= 4 is 0 Å². The third-order valence-electron chi connectivity index (χ3n) is 0.784. The lowest BCUT2D eigenvalue weighted by atomic mass is 10.1. The quantitative estimate of drug-likeness (QED) is 0.338. The fraction of sp³-hybridized carbons (Fsp3) is 1.00. The standard InChI is InChI=1S/C5H11O3/c1-4(2)3-5(6)8-7/h4-6H,3H2,1-2H3. The number of hydrogen-bond acceptors (Lipinski definition) is 2. The molecule has 0 aliphatic rings. The van der Waals surface area contributed by atoms with E-state index in [2.05, 4.69) is 4.89 Å². The third kappa shape index (κ3) is 4.05. The minimum Gasteiger partial charge on any atom is -0.365 e. The van der Waals surface area contributed by atoms with Crippen LogP contribution >= 0.6 is 0 Å². The van der Waals surface area contributed by atoms with Gasteiger partial charge in [-0.05, 0) is 11.2 Å². The van der Waals surface area contributed by atoms with Gasteiger partial charge < -0.3 is 5.11 Å². The second-order valence-corrected chi connectivity index (χ2v) is 2.18. The minimum absolute atomic E-state index is 0.305. The van der Waals surface area contributed by atoms with Crippen molar-refractivity contribution in [2.45, 2.75) is 26.6 Å². The molecule has 8 heavy (non-hydrogen) atoms. The maximum absolute atomic E-state index is 9.42. The molecular weight excluding hydrogens is 108 g/mol. The van der Waals surface area contributed by atoms with Gasteiger partial charge in [-0.3, -0.25) is 0 Å². The first-order valence-electron chi connectivity index (χ1n) is 2.63. The van der Waals surface area contributed by atoms with Gasteiger partial charge in [0.25, 0.3) is 0 Å². The molecule has 0 heterocycles. The van der Waals surface area contributed by atoms with Crippen molar-refractivity contribution in [3.63, 3.8) is 0 Å². The summed E-state index contributed by atoms with van der Waals surface area (Å²) in [5, 5.41) is 17.9. The van der Waals surface area contributed by atoms with E-state index in [1.807, 2.05) is 13.8 Å². The van der Waals surface area contributed by atoms with Crippen LogP contribution in [-0.4, -0.2) is 11.4 Å². The summed E-state index contributed by atoms with van der Waals surface area (Å²) in [5.41, 5.74) is 0. The molecule has 1 N–H and O–H groups in total. The molecule has 0 saturated carbocycles. The van der Waals surface area contributed by atoms with Gasteiger partial charge in [0, 0.05) is 6.42 Å². The smallest absolute Gasteiger partial charge is 0.192 e. The lowest BCUT2D eigenvalue weighted by molar-refractivity contribution is -0.383. The Balaban J connectivity index is 3.10. The van der Waals surface area contributed by atoms with Crippen LogP contribution in [-0.2, 0) is 10.1 Å². The highest BCUT2D eigenvalue weighted by Gasteiger charge is 2.05. The molecule has 0 aliphatic carbocycles. The molecule has 49 valence electrons. The molecule has 0 spiro atoms. The van der Waals surface area contributed by atoms with E-state index in [1.165, 1.54) is 0 Å². The van der Waals surface area contributed by atoms with Crippen molar-refractivity contribution in [2.75, 3.05) is 0 Å². The van der Waals surface area contributed by atoms with Gasteiger partial charge in [0.15, 0.2) is 6.29 Å². The molecule has 0 aromatic carbocycles. The predicted molar refractivity (Wildman–Crippen MR) is 27.2 cm³/mol. The molecule has 0 amide bonds. The number of aliphatic hydroxyl groups is 1. The van der Waals surface area contributed by atoms with Crippen LogP contribution in [0.5, 0.6) is 0 Å². The molecule has 1 atom stereocenters. The van der Waals surface area contributed by atoms with Crippen LogP contribution in [0.25, 0.3) is 0 Å². The Kier molecular flexibility index (Phi) is 3.77. The van der Waals surface area contributed by atoms with Gasteiger partial charge in [0.05, 0.1) is 0 Å². The molecule has 0 aromatic rings. The second-order valence-electron chi connectivity index (χ2n) is 2.18. The minimum atomic E-state index is -1.13. The summed E-state index contributed by atoms with van der Waals surface area (Å²) in [7, 11) is 0. The summed E-state index contributed by atoms with van der Waals surface area (Å²) in [6, 6.07) is 0. The molecule has 1 unspecified atom stereocenters. The summed E-state index contributed by atoms with van der Waals surface area (Å²) in [4.78, 5) is 3.37. The first kappa shape index (κ1) is 7.88. The van der Waals surface area contributed by atoms with E-state index >= 15 is 0 Å². The molecular formula is C5H11O3. The van der Waals surface area contributed by atoms with Gasteiger partial charge in [-0.1, -0.05) is 13.8 Å². The molecule has 0 bridgehead atoms. The molecule has 0 rings (SSSR count). The van der Waals surface area contributed by atoms with E-state index in [-0.39, 0.29) is 0 Å². The van der Waals surface area contributed by atoms with Crippen molar-refractivity contribution in [3.8, 4) is 0 Å². The van der Waals surface area contributed by atoms with Crippen LogP contribution in [0, 0.1) is 5.92 Å². The van der Waals surface area contributed by atoms with Gasteiger partial charge in [-0.2, -0.15) is 4.89 Å². The van der Waals surface area contributed by atoms with Crippen LogP contribution < -0.4 is 0 Å². The average molecular weight is 119 g/mol. The molecule has 3 heteroatoms. The molecule has 0 fully saturated rings. The molecule has 0 aromatic heterocycles. The predicted octanol–water partition coefficient (Wildman–Crippen LogP) is 0.713. The number of hydrogen-bond donors (Lipinski definition) is 1. The Bertz CT molecular complexity index is 53.6. The Morgan fingerprint density at radius 2 is 2.12 bits per heavy atom. The van der Waals surface area contributed by atoms with Crippen LogP contribution in [0.3, 0.4) is 0 Å². The Labute approximate surface area is 48.8 Å². The van der Waals surface area contributed by atoms with Crippen LogP contribution in [0.1, 0.15) is 20.3 Å². The zero-order valence-corrected chi connectivity index (χ0v) is 5.13. The first-order valence-corrected chi connectivity index (χ1v) is 2.63. The van der Waals surface area contributed by atoms with Gasteiger partial charge >= 0.3 is 0 Å². The van der Waals surface area contributed by atoms with Crippen LogP contribution in [0.2, 0.25) is 0 Å². The largest absolute Gasteiger partial charge is 0.365 e. The monoisotopic (exact) mass is 119 g/mol. The van der Waals surface area contributed by atoms with E-state index in [1.54, 1.807) is 0 Å². The number of rotatable bonds is 3. The van der Waals surface area contributed by atoms with Gasteiger partial charge in [-0.25, -0.2) is 0 Å². The van der Waals surface area contributed by atoms with E-state index < -0.39 is 6.29 Å². The second kappa shape index (κ2) is 3.83. The lowest BCUT2D eigenvalue weighted by Crippen LogP contribution is -2.11. The normalized spacial score (nSPS) is 14.6. The average Bonchev–Trinajstić information content (AvgIpc) is 1.65. The molecule has 1 radical (unpaired) electrons. The summed E-state index contributed by atoms with van der Waals surface area (Å²) in [6.07, 6.45) is -0.723. The van der Waals surface area contributed by atoms with Crippen molar-refractivity contribution in [1.82, 2.24) is 0 Å². The van der Waals surface area contributed by atoms with E-state index in [9.17, 15) is 5.26 Å². The van der Waals surface area contributed by atoms with E-state index in [4.69, 9.17) is 5.11 Å². The van der Waals surface area contributed by atoms with Crippen LogP contribution in [0.15, 0.2) is 0 Å². The highest BCUT2D eigenvalue weighted by atomic mass is 17.1. The first-order chi connectivity index (χ1) is 3.66. The SMILES string of the molecule is CC(C)CC(O)O[O]. The zero-order chi connectivity index (χ0) is 6.57. The molecule has 0 aliphatic heterocycles. The third-order valence-corrected chi connectivity index (χ3v) is 0.784. The fourth-order valence-corrected chi connectivity index (χ4v) is 0.443. The molecule has 0 saturated heterocycles.